The number of amides is 1. The van der Waals surface area contributed by atoms with E-state index in [1.165, 1.54) is 6.07 Å². The minimum Gasteiger partial charge on any atom is -0.481 e. The lowest BCUT2D eigenvalue weighted by Crippen LogP contribution is -2.29. The topological polar surface area (TPSA) is 57.6 Å². The van der Waals surface area contributed by atoms with Gasteiger partial charge in [-0.05, 0) is 37.0 Å². The van der Waals surface area contributed by atoms with Crippen molar-refractivity contribution >= 4 is 11.9 Å². The number of aryl methyl sites for hydroxylation is 1. The molecule has 1 aromatic rings. The average molecular weight is 265 g/mol. The van der Waals surface area contributed by atoms with E-state index in [0.29, 0.717) is 30.6 Å². The Labute approximate surface area is 110 Å². The van der Waals surface area contributed by atoms with E-state index >= 15 is 0 Å². The Morgan fingerprint density at radius 1 is 1.47 bits per heavy atom. The van der Waals surface area contributed by atoms with Crippen LogP contribution in [0.25, 0.3) is 0 Å². The first-order valence-electron chi connectivity index (χ1n) is 6.24. The predicted molar refractivity (Wildman–Crippen MR) is 67.4 cm³/mol. The summed E-state index contributed by atoms with van der Waals surface area (Å²) >= 11 is 0. The highest BCUT2D eigenvalue weighted by atomic mass is 19.1. The molecule has 4 nitrogen and oxygen atoms in total. The van der Waals surface area contributed by atoms with Crippen LogP contribution in [-0.2, 0) is 4.79 Å². The maximum absolute atomic E-state index is 13.4. The average Bonchev–Trinajstić information content (AvgIpc) is 2.79. The molecule has 0 aliphatic carbocycles. The van der Waals surface area contributed by atoms with Gasteiger partial charge in [0.25, 0.3) is 5.91 Å². The molecule has 102 valence electrons. The maximum atomic E-state index is 13.4. The minimum atomic E-state index is -0.847. The zero-order valence-electron chi connectivity index (χ0n) is 10.7. The molecule has 1 atom stereocenters. The van der Waals surface area contributed by atoms with Crippen molar-refractivity contribution in [2.75, 3.05) is 13.1 Å². The normalized spacial score (nSPS) is 18.6. The molecule has 1 fully saturated rings. The molecule has 0 bridgehead atoms. The van der Waals surface area contributed by atoms with Crippen LogP contribution < -0.4 is 0 Å². The van der Waals surface area contributed by atoms with Gasteiger partial charge in [-0.3, -0.25) is 9.59 Å². The number of hydrogen-bond acceptors (Lipinski definition) is 2. The van der Waals surface area contributed by atoms with Crippen molar-refractivity contribution in [2.24, 2.45) is 5.92 Å². The van der Waals surface area contributed by atoms with Crippen molar-refractivity contribution < 1.29 is 19.1 Å². The van der Waals surface area contributed by atoms with E-state index < -0.39 is 11.8 Å². The molecule has 0 spiro atoms. The number of aliphatic carboxylic acids is 1. The number of nitrogens with zero attached hydrogens (tertiary/aromatic N) is 1. The molecule has 1 aliphatic heterocycles. The highest BCUT2D eigenvalue weighted by Crippen LogP contribution is 2.22. The SMILES string of the molecule is Cc1ccc(C(=O)N2CCC(CC(=O)O)C2)cc1F. The molecule has 1 aromatic carbocycles. The summed E-state index contributed by atoms with van der Waals surface area (Å²) < 4.78 is 13.4. The van der Waals surface area contributed by atoms with E-state index in [1.54, 1.807) is 24.0 Å². The van der Waals surface area contributed by atoms with E-state index in [0.717, 1.165) is 0 Å². The molecule has 1 N–H and O–H groups in total. The van der Waals surface area contributed by atoms with Crippen LogP contribution in [-0.4, -0.2) is 35.0 Å². The van der Waals surface area contributed by atoms with Crippen LogP contribution >= 0.6 is 0 Å². The van der Waals surface area contributed by atoms with Gasteiger partial charge in [0.05, 0.1) is 0 Å². The van der Waals surface area contributed by atoms with Gasteiger partial charge in [0.15, 0.2) is 0 Å². The van der Waals surface area contributed by atoms with Crippen molar-refractivity contribution in [1.29, 1.82) is 0 Å². The summed E-state index contributed by atoms with van der Waals surface area (Å²) in [7, 11) is 0. The fraction of sp³-hybridized carbons (Fsp3) is 0.429. The van der Waals surface area contributed by atoms with E-state index in [9.17, 15) is 14.0 Å². The smallest absolute Gasteiger partial charge is 0.303 e. The van der Waals surface area contributed by atoms with E-state index in [-0.39, 0.29) is 18.2 Å². The second-order valence-electron chi connectivity index (χ2n) is 4.97. The Balaban J connectivity index is 2.04. The number of rotatable bonds is 3. The summed E-state index contributed by atoms with van der Waals surface area (Å²) in [6.07, 6.45) is 0.762. The quantitative estimate of drug-likeness (QED) is 0.910. The fourth-order valence-corrected chi connectivity index (χ4v) is 2.34. The van der Waals surface area contributed by atoms with Crippen LogP contribution in [0.4, 0.5) is 4.39 Å². The molecule has 1 heterocycles. The Hall–Kier alpha value is -1.91. The van der Waals surface area contributed by atoms with Crippen LogP contribution in [0.5, 0.6) is 0 Å². The molecule has 1 saturated heterocycles. The number of halogens is 1. The van der Waals surface area contributed by atoms with Crippen LogP contribution in [0, 0.1) is 18.7 Å². The van der Waals surface area contributed by atoms with E-state index in [1.807, 2.05) is 0 Å². The van der Waals surface area contributed by atoms with Crippen molar-refractivity contribution in [2.45, 2.75) is 19.8 Å². The number of benzene rings is 1. The van der Waals surface area contributed by atoms with Crippen LogP contribution in [0.1, 0.15) is 28.8 Å². The number of carbonyl (C=O) groups is 2. The molecule has 1 aliphatic rings. The fourth-order valence-electron chi connectivity index (χ4n) is 2.34. The molecular weight excluding hydrogens is 249 g/mol. The lowest BCUT2D eigenvalue weighted by Gasteiger charge is -2.16. The molecule has 1 amide bonds. The van der Waals surface area contributed by atoms with Gasteiger partial charge in [-0.2, -0.15) is 0 Å². The largest absolute Gasteiger partial charge is 0.481 e. The number of carbonyl (C=O) groups excluding carboxylic acids is 1. The van der Waals surface area contributed by atoms with E-state index in [2.05, 4.69) is 0 Å². The standard InChI is InChI=1S/C14H16FNO3/c1-9-2-3-11(7-12(9)15)14(19)16-5-4-10(8-16)6-13(17)18/h2-3,7,10H,4-6,8H2,1H3,(H,17,18). The first-order chi connectivity index (χ1) is 8.97. The van der Waals surface area contributed by atoms with Crippen molar-refractivity contribution in [3.05, 3.63) is 35.1 Å². The lowest BCUT2D eigenvalue weighted by molar-refractivity contribution is -0.138. The summed E-state index contributed by atoms with van der Waals surface area (Å²) in [6, 6.07) is 4.42. The summed E-state index contributed by atoms with van der Waals surface area (Å²) in [4.78, 5) is 24.4. The number of carboxylic acids is 1. The van der Waals surface area contributed by atoms with E-state index in [4.69, 9.17) is 5.11 Å². The first kappa shape index (κ1) is 13.5. The molecule has 19 heavy (non-hydrogen) atoms. The third kappa shape index (κ3) is 3.10. The highest BCUT2D eigenvalue weighted by molar-refractivity contribution is 5.94. The second kappa shape index (κ2) is 5.38. The Morgan fingerprint density at radius 3 is 2.84 bits per heavy atom. The Morgan fingerprint density at radius 2 is 2.21 bits per heavy atom. The van der Waals surface area contributed by atoms with Crippen LogP contribution in [0.3, 0.4) is 0 Å². The molecule has 0 saturated carbocycles. The highest BCUT2D eigenvalue weighted by Gasteiger charge is 2.28. The van der Waals surface area contributed by atoms with Crippen LogP contribution in [0.15, 0.2) is 18.2 Å². The first-order valence-corrected chi connectivity index (χ1v) is 6.24. The monoisotopic (exact) mass is 265 g/mol. The zero-order valence-corrected chi connectivity index (χ0v) is 10.7. The van der Waals surface area contributed by atoms with Gasteiger partial charge in [-0.25, -0.2) is 4.39 Å². The third-order valence-electron chi connectivity index (χ3n) is 3.46. The van der Waals surface area contributed by atoms with Gasteiger partial charge in [0, 0.05) is 25.1 Å². The number of carboxylic acid groups (broad SMARTS) is 1. The van der Waals surface area contributed by atoms with Gasteiger partial charge < -0.3 is 10.0 Å². The van der Waals surface area contributed by atoms with Gasteiger partial charge in [-0.15, -0.1) is 0 Å². The maximum Gasteiger partial charge on any atom is 0.303 e. The molecule has 0 radical (unpaired) electrons. The summed E-state index contributed by atoms with van der Waals surface area (Å²) in [5.41, 5.74) is 0.820. The van der Waals surface area contributed by atoms with Gasteiger partial charge in [0.1, 0.15) is 5.82 Å². The summed E-state index contributed by atoms with van der Waals surface area (Å²) in [5.74, 6) is -1.48. The summed E-state index contributed by atoms with van der Waals surface area (Å²) in [5, 5.41) is 8.73. The molecule has 2 rings (SSSR count). The molecular formula is C14H16FNO3. The summed E-state index contributed by atoms with van der Waals surface area (Å²) in [6.45, 7) is 2.61. The van der Waals surface area contributed by atoms with Crippen LogP contribution in [0.2, 0.25) is 0 Å². The van der Waals surface area contributed by atoms with Crippen molar-refractivity contribution in [3.8, 4) is 0 Å². The second-order valence-corrected chi connectivity index (χ2v) is 4.97. The molecule has 1 unspecified atom stereocenters. The third-order valence-corrected chi connectivity index (χ3v) is 3.46. The van der Waals surface area contributed by atoms with Gasteiger partial charge in [-0.1, -0.05) is 6.07 Å². The number of likely N-dealkylation sites (tertiary alicyclic amines) is 1. The number of hydrogen-bond donors (Lipinski definition) is 1. The van der Waals surface area contributed by atoms with Gasteiger partial charge >= 0.3 is 5.97 Å². The Kier molecular flexibility index (Phi) is 3.83. The van der Waals surface area contributed by atoms with Crippen molar-refractivity contribution in [3.63, 3.8) is 0 Å². The van der Waals surface area contributed by atoms with Gasteiger partial charge in [0.2, 0.25) is 0 Å². The Bertz CT molecular complexity index is 515. The molecule has 0 aromatic heterocycles. The predicted octanol–water partition coefficient (Wildman–Crippen LogP) is 2.07. The minimum absolute atomic E-state index is 0.00301. The zero-order chi connectivity index (χ0) is 14.0. The van der Waals surface area contributed by atoms with Crippen molar-refractivity contribution in [1.82, 2.24) is 4.90 Å². The molecule has 5 heteroatoms. The lowest BCUT2D eigenvalue weighted by atomic mass is 10.1.